The van der Waals surface area contributed by atoms with Crippen LogP contribution in [0.15, 0.2) is 54.6 Å². The van der Waals surface area contributed by atoms with Crippen molar-refractivity contribution in [2.45, 2.75) is 12.2 Å². The van der Waals surface area contributed by atoms with Gasteiger partial charge in [0.2, 0.25) is 0 Å². The minimum atomic E-state index is -1.05. The first kappa shape index (κ1) is 11.6. The van der Waals surface area contributed by atoms with Crippen LogP contribution in [0.2, 0.25) is 0 Å². The summed E-state index contributed by atoms with van der Waals surface area (Å²) < 4.78 is 0. The van der Waals surface area contributed by atoms with E-state index in [4.69, 9.17) is 0 Å². The summed E-state index contributed by atoms with van der Waals surface area (Å²) in [4.78, 5) is 0. The van der Waals surface area contributed by atoms with Gasteiger partial charge in [-0.25, -0.2) is 0 Å². The quantitative estimate of drug-likeness (QED) is 0.757. The third-order valence-corrected chi connectivity index (χ3v) is 2.65. The third kappa shape index (κ3) is 2.64. The van der Waals surface area contributed by atoms with Crippen molar-refractivity contribution in [2.24, 2.45) is 0 Å². The first-order valence-electron chi connectivity index (χ1n) is 5.38. The molecule has 0 aliphatic rings. The Bertz CT molecular complexity index is 482. The van der Waals surface area contributed by atoms with Gasteiger partial charge in [0.1, 0.15) is 18.0 Å². The fourth-order valence-corrected chi connectivity index (χ4v) is 1.72. The Morgan fingerprint density at radius 3 is 1.94 bits per heavy atom. The molecular weight excluding hydrogens is 216 g/mol. The van der Waals surface area contributed by atoms with Gasteiger partial charge in [-0.05, 0) is 23.3 Å². The Hall–Kier alpha value is -1.84. The van der Waals surface area contributed by atoms with Crippen LogP contribution in [-0.2, 0) is 0 Å². The van der Waals surface area contributed by atoms with Crippen molar-refractivity contribution in [3.05, 3.63) is 65.7 Å². The molecule has 0 radical (unpaired) electrons. The number of hydrogen-bond donors (Lipinski definition) is 3. The Morgan fingerprint density at radius 2 is 1.29 bits per heavy atom. The minimum absolute atomic E-state index is 0.0711. The first-order valence-corrected chi connectivity index (χ1v) is 5.38. The number of aliphatic hydroxyl groups excluding tert-OH is 2. The minimum Gasteiger partial charge on any atom is -0.508 e. The van der Waals surface area contributed by atoms with Crippen molar-refractivity contribution >= 4 is 0 Å². The fraction of sp³-hybridized carbons (Fsp3) is 0.143. The van der Waals surface area contributed by atoms with Gasteiger partial charge in [-0.1, -0.05) is 42.5 Å². The second kappa shape index (κ2) is 4.99. The molecule has 0 saturated carbocycles. The lowest BCUT2D eigenvalue weighted by Crippen LogP contribution is -2.10. The molecule has 0 bridgehead atoms. The van der Waals surface area contributed by atoms with Gasteiger partial charge in [-0.3, -0.25) is 0 Å². The largest absolute Gasteiger partial charge is 0.508 e. The van der Waals surface area contributed by atoms with Gasteiger partial charge in [0.25, 0.3) is 0 Å². The van der Waals surface area contributed by atoms with Crippen LogP contribution in [0.5, 0.6) is 5.75 Å². The molecule has 17 heavy (non-hydrogen) atoms. The summed E-state index contributed by atoms with van der Waals surface area (Å²) in [5, 5.41) is 29.3. The Morgan fingerprint density at radius 1 is 0.706 bits per heavy atom. The molecule has 0 aliphatic heterocycles. The van der Waals surface area contributed by atoms with Gasteiger partial charge in [-0.2, -0.15) is 0 Å². The second-order valence-corrected chi connectivity index (χ2v) is 3.90. The summed E-state index contributed by atoms with van der Waals surface area (Å²) in [5.41, 5.74) is 1.13. The Balaban J connectivity index is 2.23. The first-order chi connectivity index (χ1) is 8.18. The predicted octanol–water partition coefficient (Wildman–Crippen LogP) is 2.16. The molecule has 88 valence electrons. The van der Waals surface area contributed by atoms with Crippen LogP contribution in [0.4, 0.5) is 0 Å². The van der Waals surface area contributed by atoms with Crippen molar-refractivity contribution < 1.29 is 15.3 Å². The zero-order valence-electron chi connectivity index (χ0n) is 9.19. The molecule has 0 heterocycles. The van der Waals surface area contributed by atoms with E-state index in [1.165, 1.54) is 12.1 Å². The van der Waals surface area contributed by atoms with E-state index in [0.29, 0.717) is 11.1 Å². The number of aromatic hydroxyl groups is 1. The third-order valence-electron chi connectivity index (χ3n) is 2.65. The van der Waals surface area contributed by atoms with E-state index in [-0.39, 0.29) is 5.75 Å². The van der Waals surface area contributed by atoms with Gasteiger partial charge in [0.15, 0.2) is 0 Å². The van der Waals surface area contributed by atoms with Gasteiger partial charge < -0.3 is 15.3 Å². The van der Waals surface area contributed by atoms with Crippen LogP contribution >= 0.6 is 0 Å². The average molecular weight is 230 g/mol. The maximum atomic E-state index is 10.0. The van der Waals surface area contributed by atoms with Crippen molar-refractivity contribution in [2.75, 3.05) is 0 Å². The highest BCUT2D eigenvalue weighted by Crippen LogP contribution is 2.29. The van der Waals surface area contributed by atoms with E-state index < -0.39 is 12.2 Å². The number of phenols is 1. The Kier molecular flexibility index (Phi) is 3.42. The van der Waals surface area contributed by atoms with E-state index in [9.17, 15) is 15.3 Å². The van der Waals surface area contributed by atoms with Crippen LogP contribution in [0.1, 0.15) is 23.3 Å². The zero-order valence-corrected chi connectivity index (χ0v) is 9.19. The number of benzene rings is 2. The van der Waals surface area contributed by atoms with Crippen molar-refractivity contribution in [1.29, 1.82) is 0 Å². The molecule has 0 fully saturated rings. The highest BCUT2D eigenvalue weighted by molar-refractivity contribution is 5.31. The van der Waals surface area contributed by atoms with Crippen molar-refractivity contribution in [3.8, 4) is 5.75 Å². The average Bonchev–Trinajstić information content (AvgIpc) is 2.38. The smallest absolute Gasteiger partial charge is 0.115 e. The standard InChI is InChI=1S/C14H14O3/c15-12-8-4-7-11(9-12)14(17)13(16)10-5-2-1-3-6-10/h1-9,13-17H. The predicted molar refractivity (Wildman–Crippen MR) is 64.5 cm³/mol. The van der Waals surface area contributed by atoms with Crippen LogP contribution in [0, 0.1) is 0 Å². The molecule has 0 saturated heterocycles. The SMILES string of the molecule is Oc1cccc(C(O)C(O)c2ccccc2)c1. The van der Waals surface area contributed by atoms with Crippen LogP contribution < -0.4 is 0 Å². The molecule has 3 N–H and O–H groups in total. The Labute approximate surface area is 99.6 Å². The molecule has 2 unspecified atom stereocenters. The number of phenolic OH excluding ortho intramolecular Hbond substituents is 1. The molecular formula is C14H14O3. The van der Waals surface area contributed by atoms with E-state index in [1.54, 1.807) is 36.4 Å². The summed E-state index contributed by atoms with van der Waals surface area (Å²) in [7, 11) is 0. The van der Waals surface area contributed by atoms with Crippen LogP contribution in [0.25, 0.3) is 0 Å². The van der Waals surface area contributed by atoms with Gasteiger partial charge in [0.05, 0.1) is 0 Å². The van der Waals surface area contributed by atoms with Crippen molar-refractivity contribution in [3.63, 3.8) is 0 Å². The summed E-state index contributed by atoms with van der Waals surface area (Å²) in [6.45, 7) is 0. The van der Waals surface area contributed by atoms with Crippen LogP contribution in [-0.4, -0.2) is 15.3 Å². The molecule has 0 aliphatic carbocycles. The van der Waals surface area contributed by atoms with E-state index >= 15 is 0 Å². The maximum absolute atomic E-state index is 10.0. The summed E-state index contributed by atoms with van der Waals surface area (Å²) in [6.07, 6.45) is -2.05. The molecule has 0 aromatic heterocycles. The second-order valence-electron chi connectivity index (χ2n) is 3.90. The summed E-state index contributed by atoms with van der Waals surface area (Å²) in [6, 6.07) is 15.2. The lowest BCUT2D eigenvalue weighted by molar-refractivity contribution is 0.0171. The molecule has 2 rings (SSSR count). The van der Waals surface area contributed by atoms with Gasteiger partial charge in [-0.15, -0.1) is 0 Å². The molecule has 0 spiro atoms. The van der Waals surface area contributed by atoms with Crippen molar-refractivity contribution in [1.82, 2.24) is 0 Å². The topological polar surface area (TPSA) is 60.7 Å². The molecule has 3 nitrogen and oxygen atoms in total. The zero-order chi connectivity index (χ0) is 12.3. The van der Waals surface area contributed by atoms with E-state index in [2.05, 4.69) is 0 Å². The molecule has 2 aromatic rings. The van der Waals surface area contributed by atoms with E-state index in [0.717, 1.165) is 0 Å². The molecule has 2 aromatic carbocycles. The molecule has 0 amide bonds. The maximum Gasteiger partial charge on any atom is 0.115 e. The molecule has 3 heteroatoms. The summed E-state index contributed by atoms with van der Waals surface area (Å²) >= 11 is 0. The van der Waals surface area contributed by atoms with Crippen LogP contribution in [0.3, 0.4) is 0 Å². The molecule has 2 atom stereocenters. The lowest BCUT2D eigenvalue weighted by atomic mass is 9.98. The normalized spacial score (nSPS) is 14.2. The van der Waals surface area contributed by atoms with E-state index in [1.807, 2.05) is 6.07 Å². The number of hydrogen-bond acceptors (Lipinski definition) is 3. The summed E-state index contributed by atoms with van der Waals surface area (Å²) in [5.74, 6) is 0.0711. The lowest BCUT2D eigenvalue weighted by Gasteiger charge is -2.18. The number of aliphatic hydroxyl groups is 2. The highest BCUT2D eigenvalue weighted by atomic mass is 16.3. The van der Waals surface area contributed by atoms with Gasteiger partial charge in [0, 0.05) is 0 Å². The fourth-order valence-electron chi connectivity index (χ4n) is 1.72. The highest BCUT2D eigenvalue weighted by Gasteiger charge is 2.19. The monoisotopic (exact) mass is 230 g/mol. The number of rotatable bonds is 3. The van der Waals surface area contributed by atoms with Gasteiger partial charge >= 0.3 is 0 Å².